The summed E-state index contributed by atoms with van der Waals surface area (Å²) in [6.45, 7) is 9.75. The van der Waals surface area contributed by atoms with Crippen LogP contribution in [0.5, 0.6) is 0 Å². The molecule has 0 bridgehead atoms. The lowest BCUT2D eigenvalue weighted by atomic mass is 9.97. The second-order valence-electron chi connectivity index (χ2n) is 5.66. The van der Waals surface area contributed by atoms with E-state index in [1.165, 1.54) is 58.3 Å². The molecule has 0 aromatic heterocycles. The summed E-state index contributed by atoms with van der Waals surface area (Å²) in [5.41, 5.74) is 0. The molecule has 1 aliphatic heterocycles. The van der Waals surface area contributed by atoms with Gasteiger partial charge >= 0.3 is 0 Å². The van der Waals surface area contributed by atoms with Crippen LogP contribution in [0.3, 0.4) is 0 Å². The third-order valence-corrected chi connectivity index (χ3v) is 4.35. The van der Waals surface area contributed by atoms with Gasteiger partial charge in [0.2, 0.25) is 0 Å². The maximum Gasteiger partial charge on any atom is 0.00928 e. The number of nitrogens with one attached hydrogen (secondary N) is 1. The second-order valence-corrected chi connectivity index (χ2v) is 5.66. The minimum Gasteiger partial charge on any atom is -0.313 e. The number of hydrogen-bond donors (Lipinski definition) is 1. The van der Waals surface area contributed by atoms with Crippen molar-refractivity contribution in [2.45, 2.75) is 52.0 Å². The first-order valence-electron chi connectivity index (χ1n) is 7.29. The molecule has 2 fully saturated rings. The van der Waals surface area contributed by atoms with Crippen molar-refractivity contribution in [3.63, 3.8) is 0 Å². The molecule has 1 heterocycles. The van der Waals surface area contributed by atoms with E-state index in [9.17, 15) is 0 Å². The van der Waals surface area contributed by atoms with Gasteiger partial charge in [-0.15, -0.1) is 0 Å². The molecule has 2 unspecified atom stereocenters. The molecular formula is C14H28N2. The predicted octanol–water partition coefficient (Wildman–Crippen LogP) is 2.50. The molecule has 0 aromatic carbocycles. The summed E-state index contributed by atoms with van der Waals surface area (Å²) in [5.74, 6) is 1.91. The van der Waals surface area contributed by atoms with E-state index in [1.807, 2.05) is 0 Å². The minimum atomic E-state index is 0.817. The van der Waals surface area contributed by atoms with Gasteiger partial charge in [-0.3, -0.25) is 0 Å². The number of nitrogens with zero attached hydrogens (tertiary/aromatic N) is 1. The quantitative estimate of drug-likeness (QED) is 0.746. The highest BCUT2D eigenvalue weighted by Crippen LogP contribution is 2.34. The molecule has 2 nitrogen and oxygen atoms in total. The van der Waals surface area contributed by atoms with Crippen molar-refractivity contribution in [1.82, 2.24) is 10.2 Å². The topological polar surface area (TPSA) is 15.3 Å². The Labute approximate surface area is 101 Å². The molecule has 94 valence electrons. The molecule has 2 aliphatic rings. The Morgan fingerprint density at radius 3 is 2.69 bits per heavy atom. The number of piperidine rings is 1. The molecule has 1 saturated carbocycles. The Kier molecular flexibility index (Phi) is 4.66. The fourth-order valence-corrected chi connectivity index (χ4v) is 3.07. The molecule has 0 aromatic rings. The molecule has 2 heteroatoms. The zero-order chi connectivity index (χ0) is 11.4. The summed E-state index contributed by atoms with van der Waals surface area (Å²) in [7, 11) is 0. The van der Waals surface area contributed by atoms with Crippen LogP contribution in [0, 0.1) is 11.8 Å². The number of rotatable bonds is 6. The van der Waals surface area contributed by atoms with E-state index in [-0.39, 0.29) is 0 Å². The van der Waals surface area contributed by atoms with Gasteiger partial charge in [0.25, 0.3) is 0 Å². The van der Waals surface area contributed by atoms with E-state index in [2.05, 4.69) is 24.1 Å². The van der Waals surface area contributed by atoms with Gasteiger partial charge in [0.05, 0.1) is 0 Å². The van der Waals surface area contributed by atoms with E-state index in [1.54, 1.807) is 0 Å². The molecule has 0 radical (unpaired) electrons. The first kappa shape index (κ1) is 12.4. The molecule has 16 heavy (non-hydrogen) atoms. The molecule has 2 atom stereocenters. The van der Waals surface area contributed by atoms with Crippen molar-refractivity contribution in [2.24, 2.45) is 11.8 Å². The lowest BCUT2D eigenvalue weighted by Gasteiger charge is -2.33. The van der Waals surface area contributed by atoms with Crippen LogP contribution in [0.1, 0.15) is 46.0 Å². The largest absolute Gasteiger partial charge is 0.313 e. The average molecular weight is 224 g/mol. The monoisotopic (exact) mass is 224 g/mol. The van der Waals surface area contributed by atoms with E-state index in [0.29, 0.717) is 0 Å². The summed E-state index contributed by atoms with van der Waals surface area (Å²) in [6.07, 6.45) is 7.09. The smallest absolute Gasteiger partial charge is 0.00928 e. The van der Waals surface area contributed by atoms with Gasteiger partial charge in [-0.1, -0.05) is 13.8 Å². The first-order chi connectivity index (χ1) is 7.83. The Morgan fingerprint density at radius 1 is 1.25 bits per heavy atom. The summed E-state index contributed by atoms with van der Waals surface area (Å²) in [4.78, 5) is 2.61. The molecule has 1 N–H and O–H groups in total. The molecule has 1 saturated heterocycles. The highest BCUT2D eigenvalue weighted by Gasteiger charge is 2.30. The summed E-state index contributed by atoms with van der Waals surface area (Å²) >= 11 is 0. The Morgan fingerprint density at radius 2 is 2.06 bits per heavy atom. The van der Waals surface area contributed by atoms with Gasteiger partial charge < -0.3 is 10.2 Å². The van der Waals surface area contributed by atoms with Gasteiger partial charge in [-0.05, 0) is 63.6 Å². The SMILES string of the molecule is CCC(NCC1CCCN(CC)C1)C1CC1. The highest BCUT2D eigenvalue weighted by molar-refractivity contribution is 4.86. The third kappa shape index (κ3) is 3.46. The van der Waals surface area contributed by atoms with E-state index >= 15 is 0 Å². The molecule has 0 amide bonds. The van der Waals surface area contributed by atoms with Crippen molar-refractivity contribution in [3.05, 3.63) is 0 Å². The minimum absolute atomic E-state index is 0.817. The van der Waals surface area contributed by atoms with Crippen molar-refractivity contribution in [3.8, 4) is 0 Å². The fourth-order valence-electron chi connectivity index (χ4n) is 3.07. The van der Waals surface area contributed by atoms with Crippen LogP contribution in [-0.4, -0.2) is 37.1 Å². The maximum atomic E-state index is 3.82. The fraction of sp³-hybridized carbons (Fsp3) is 1.00. The van der Waals surface area contributed by atoms with Gasteiger partial charge in [0, 0.05) is 12.6 Å². The van der Waals surface area contributed by atoms with Crippen LogP contribution < -0.4 is 5.32 Å². The zero-order valence-corrected chi connectivity index (χ0v) is 11.0. The van der Waals surface area contributed by atoms with E-state index < -0.39 is 0 Å². The van der Waals surface area contributed by atoms with Crippen LogP contribution in [0.15, 0.2) is 0 Å². The molecule has 0 spiro atoms. The van der Waals surface area contributed by atoms with Crippen molar-refractivity contribution < 1.29 is 0 Å². The van der Waals surface area contributed by atoms with Crippen molar-refractivity contribution in [1.29, 1.82) is 0 Å². The van der Waals surface area contributed by atoms with Crippen LogP contribution in [0.2, 0.25) is 0 Å². The van der Waals surface area contributed by atoms with Crippen LogP contribution in [0.4, 0.5) is 0 Å². The summed E-state index contributed by atoms with van der Waals surface area (Å²) in [5, 5.41) is 3.82. The van der Waals surface area contributed by atoms with Crippen LogP contribution >= 0.6 is 0 Å². The normalized spacial score (nSPS) is 29.2. The second kappa shape index (κ2) is 6.02. The van der Waals surface area contributed by atoms with Crippen LogP contribution in [-0.2, 0) is 0 Å². The zero-order valence-electron chi connectivity index (χ0n) is 11.0. The number of likely N-dealkylation sites (tertiary alicyclic amines) is 1. The Balaban J connectivity index is 1.67. The summed E-state index contributed by atoms with van der Waals surface area (Å²) in [6, 6.07) is 0.817. The predicted molar refractivity (Wildman–Crippen MR) is 69.6 cm³/mol. The maximum absolute atomic E-state index is 3.82. The standard InChI is InChI=1S/C14H28N2/c1-3-14(13-7-8-13)15-10-12-6-5-9-16(4-2)11-12/h12-15H,3-11H2,1-2H3. The Hall–Kier alpha value is -0.0800. The molecule has 1 aliphatic carbocycles. The van der Waals surface area contributed by atoms with Gasteiger partial charge in [0.15, 0.2) is 0 Å². The molecule has 2 rings (SSSR count). The van der Waals surface area contributed by atoms with E-state index in [4.69, 9.17) is 0 Å². The average Bonchev–Trinajstić information content (AvgIpc) is 3.15. The van der Waals surface area contributed by atoms with Gasteiger partial charge in [-0.25, -0.2) is 0 Å². The number of hydrogen-bond acceptors (Lipinski definition) is 2. The van der Waals surface area contributed by atoms with Crippen molar-refractivity contribution >= 4 is 0 Å². The van der Waals surface area contributed by atoms with E-state index in [0.717, 1.165) is 17.9 Å². The Bertz CT molecular complexity index is 201. The first-order valence-corrected chi connectivity index (χ1v) is 7.29. The van der Waals surface area contributed by atoms with Crippen molar-refractivity contribution in [2.75, 3.05) is 26.2 Å². The lowest BCUT2D eigenvalue weighted by Crippen LogP contribution is -2.42. The highest BCUT2D eigenvalue weighted by atomic mass is 15.1. The third-order valence-electron chi connectivity index (χ3n) is 4.35. The van der Waals surface area contributed by atoms with Gasteiger partial charge in [-0.2, -0.15) is 0 Å². The van der Waals surface area contributed by atoms with Gasteiger partial charge in [0.1, 0.15) is 0 Å². The molecular weight excluding hydrogens is 196 g/mol. The van der Waals surface area contributed by atoms with Crippen LogP contribution in [0.25, 0.3) is 0 Å². The lowest BCUT2D eigenvalue weighted by molar-refractivity contribution is 0.176. The summed E-state index contributed by atoms with van der Waals surface area (Å²) < 4.78 is 0.